The van der Waals surface area contributed by atoms with Gasteiger partial charge in [0, 0.05) is 37.2 Å². The van der Waals surface area contributed by atoms with Crippen molar-refractivity contribution >= 4 is 5.91 Å². The molecule has 10 heteroatoms. The summed E-state index contributed by atoms with van der Waals surface area (Å²) in [6, 6.07) is 5.44. The molecule has 1 amide bonds. The van der Waals surface area contributed by atoms with Crippen LogP contribution < -0.4 is 5.32 Å². The second-order valence-electron chi connectivity index (χ2n) is 6.31. The van der Waals surface area contributed by atoms with Crippen molar-refractivity contribution in [3.8, 4) is 17.1 Å². The maximum atomic E-state index is 14.1. The fraction of sp³-hybridized carbons (Fsp3) is 0.158. The molecule has 3 heterocycles. The Morgan fingerprint density at radius 3 is 2.97 bits per heavy atom. The zero-order valence-electron chi connectivity index (χ0n) is 15.2. The summed E-state index contributed by atoms with van der Waals surface area (Å²) in [6.45, 7) is 1.24. The van der Waals surface area contributed by atoms with Crippen molar-refractivity contribution in [2.75, 3.05) is 6.54 Å². The Bertz CT molecular complexity index is 1120. The second kappa shape index (κ2) is 8.05. The van der Waals surface area contributed by atoms with Gasteiger partial charge in [-0.05, 0) is 24.6 Å². The summed E-state index contributed by atoms with van der Waals surface area (Å²) >= 11 is 0. The topological polar surface area (TPSA) is 93.4 Å². The van der Waals surface area contributed by atoms with E-state index in [0.29, 0.717) is 17.8 Å². The number of nitrogens with one attached hydrogen (secondary N) is 2. The molecule has 4 rings (SSSR count). The Kier molecular flexibility index (Phi) is 5.14. The second-order valence-corrected chi connectivity index (χ2v) is 6.31. The average molecular weight is 397 g/mol. The molecular weight excluding hydrogens is 380 g/mol. The smallest absolute Gasteiger partial charge is 0.267 e. The number of aromatic amines is 1. The lowest BCUT2D eigenvalue weighted by molar-refractivity contribution is 0.0948. The van der Waals surface area contributed by atoms with Gasteiger partial charge in [0.25, 0.3) is 5.91 Å². The Balaban J connectivity index is 1.45. The van der Waals surface area contributed by atoms with Crippen LogP contribution in [0.4, 0.5) is 8.78 Å². The van der Waals surface area contributed by atoms with Crippen LogP contribution in [0.2, 0.25) is 0 Å². The molecular formula is C19H17F2N7O. The molecule has 0 aliphatic heterocycles. The van der Waals surface area contributed by atoms with Crippen LogP contribution in [0.3, 0.4) is 0 Å². The number of nitrogens with zero attached hydrogens (tertiary/aromatic N) is 5. The molecule has 0 bridgehead atoms. The maximum Gasteiger partial charge on any atom is 0.267 e. The fourth-order valence-electron chi connectivity index (χ4n) is 2.92. The van der Waals surface area contributed by atoms with Crippen LogP contribution in [0.1, 0.15) is 16.9 Å². The first kappa shape index (κ1) is 18.5. The monoisotopic (exact) mass is 397 g/mol. The van der Waals surface area contributed by atoms with Crippen LogP contribution in [0, 0.1) is 11.6 Å². The Morgan fingerprint density at radius 2 is 2.14 bits per heavy atom. The molecule has 3 aromatic heterocycles. The van der Waals surface area contributed by atoms with Gasteiger partial charge >= 0.3 is 0 Å². The number of aromatic nitrogens is 6. The van der Waals surface area contributed by atoms with Crippen LogP contribution >= 0.6 is 0 Å². The van der Waals surface area contributed by atoms with E-state index >= 15 is 0 Å². The van der Waals surface area contributed by atoms with Gasteiger partial charge in [-0.2, -0.15) is 0 Å². The SMILES string of the molecule is O=C(NCCCn1ccnc1)c1cc(-c2nncn2-c2cccc(F)c2F)c[nH]1. The van der Waals surface area contributed by atoms with Crippen molar-refractivity contribution in [3.05, 3.63) is 72.8 Å². The maximum absolute atomic E-state index is 14.1. The van der Waals surface area contributed by atoms with Crippen LogP contribution in [0.5, 0.6) is 0 Å². The van der Waals surface area contributed by atoms with Crippen LogP contribution in [0.15, 0.2) is 55.5 Å². The molecule has 0 aliphatic carbocycles. The molecule has 0 fully saturated rings. The van der Waals surface area contributed by atoms with E-state index in [1.807, 2.05) is 10.8 Å². The van der Waals surface area contributed by atoms with Crippen molar-refractivity contribution in [3.63, 3.8) is 0 Å². The minimum atomic E-state index is -1.00. The number of halogens is 2. The molecule has 0 radical (unpaired) electrons. The number of amides is 1. The van der Waals surface area contributed by atoms with E-state index < -0.39 is 11.6 Å². The van der Waals surface area contributed by atoms with Crippen molar-refractivity contribution in [2.45, 2.75) is 13.0 Å². The van der Waals surface area contributed by atoms with E-state index in [9.17, 15) is 13.6 Å². The van der Waals surface area contributed by atoms with E-state index in [-0.39, 0.29) is 17.4 Å². The molecule has 29 heavy (non-hydrogen) atoms. The van der Waals surface area contributed by atoms with E-state index in [4.69, 9.17) is 0 Å². The highest BCUT2D eigenvalue weighted by molar-refractivity contribution is 5.93. The third-order valence-electron chi connectivity index (χ3n) is 4.36. The quantitative estimate of drug-likeness (QED) is 0.469. The summed E-state index contributed by atoms with van der Waals surface area (Å²) in [7, 11) is 0. The number of aryl methyl sites for hydroxylation is 1. The van der Waals surface area contributed by atoms with Crippen molar-refractivity contribution in [1.82, 2.24) is 34.6 Å². The van der Waals surface area contributed by atoms with E-state index in [1.54, 1.807) is 24.8 Å². The summed E-state index contributed by atoms with van der Waals surface area (Å²) in [5.74, 6) is -1.96. The largest absolute Gasteiger partial charge is 0.356 e. The minimum Gasteiger partial charge on any atom is -0.356 e. The third-order valence-corrected chi connectivity index (χ3v) is 4.36. The van der Waals surface area contributed by atoms with E-state index in [1.165, 1.54) is 23.0 Å². The number of hydrogen-bond acceptors (Lipinski definition) is 4. The Morgan fingerprint density at radius 1 is 1.24 bits per heavy atom. The Hall–Kier alpha value is -3.82. The zero-order valence-corrected chi connectivity index (χ0v) is 15.2. The molecule has 8 nitrogen and oxygen atoms in total. The first-order valence-corrected chi connectivity index (χ1v) is 8.90. The van der Waals surface area contributed by atoms with E-state index in [0.717, 1.165) is 19.0 Å². The van der Waals surface area contributed by atoms with Crippen molar-refractivity contribution in [2.24, 2.45) is 0 Å². The lowest BCUT2D eigenvalue weighted by Gasteiger charge is -2.07. The molecule has 4 aromatic rings. The highest BCUT2D eigenvalue weighted by atomic mass is 19.2. The van der Waals surface area contributed by atoms with Gasteiger partial charge in [-0.3, -0.25) is 9.36 Å². The number of H-pyrrole nitrogens is 1. The van der Waals surface area contributed by atoms with Crippen molar-refractivity contribution in [1.29, 1.82) is 0 Å². The molecule has 0 atom stereocenters. The van der Waals surface area contributed by atoms with Crippen molar-refractivity contribution < 1.29 is 13.6 Å². The van der Waals surface area contributed by atoms with Gasteiger partial charge < -0.3 is 14.9 Å². The van der Waals surface area contributed by atoms with Gasteiger partial charge in [-0.15, -0.1) is 10.2 Å². The van der Waals surface area contributed by atoms with Crippen LogP contribution in [0.25, 0.3) is 17.1 Å². The van der Waals surface area contributed by atoms with Gasteiger partial charge in [0.1, 0.15) is 12.0 Å². The third kappa shape index (κ3) is 3.91. The number of rotatable bonds is 7. The summed E-state index contributed by atoms with van der Waals surface area (Å²) in [5, 5.41) is 10.6. The first-order valence-electron chi connectivity index (χ1n) is 8.90. The normalized spacial score (nSPS) is 11.0. The van der Waals surface area contributed by atoms with Gasteiger partial charge in [0.05, 0.1) is 12.0 Å². The first-order chi connectivity index (χ1) is 14.1. The molecule has 0 aliphatic rings. The number of hydrogen-bond donors (Lipinski definition) is 2. The summed E-state index contributed by atoms with van der Waals surface area (Å²) in [6.07, 6.45) is 8.89. The summed E-state index contributed by atoms with van der Waals surface area (Å²) < 4.78 is 31.0. The van der Waals surface area contributed by atoms with Gasteiger partial charge in [0.15, 0.2) is 17.5 Å². The predicted octanol–water partition coefficient (Wildman–Crippen LogP) is 2.56. The number of imidazole rings is 1. The lowest BCUT2D eigenvalue weighted by atomic mass is 10.2. The molecule has 2 N–H and O–H groups in total. The van der Waals surface area contributed by atoms with Crippen LogP contribution in [-0.4, -0.2) is 41.8 Å². The number of benzene rings is 1. The average Bonchev–Trinajstić information content (AvgIpc) is 3.47. The molecule has 0 saturated carbocycles. The molecule has 0 unspecified atom stereocenters. The number of carbonyl (C=O) groups excluding carboxylic acids is 1. The highest BCUT2D eigenvalue weighted by Crippen LogP contribution is 2.24. The van der Waals surface area contributed by atoms with Gasteiger partial charge in [-0.25, -0.2) is 13.8 Å². The molecule has 0 saturated heterocycles. The molecule has 0 spiro atoms. The highest BCUT2D eigenvalue weighted by Gasteiger charge is 2.17. The standard InChI is InChI=1S/C19H17F2N7O/c20-14-3-1-4-16(17(14)21)28-12-25-26-18(28)13-9-15(24-10-13)19(29)23-5-2-7-27-8-6-22-11-27/h1,3-4,6,8-12,24H,2,5,7H2,(H,23,29). The molecule has 148 valence electrons. The predicted molar refractivity (Wildman–Crippen MR) is 100 cm³/mol. The minimum absolute atomic E-state index is 0.0169. The summed E-state index contributed by atoms with van der Waals surface area (Å²) in [5.41, 5.74) is 0.836. The van der Waals surface area contributed by atoms with Crippen LogP contribution in [-0.2, 0) is 6.54 Å². The Labute approximate surface area is 164 Å². The zero-order chi connectivity index (χ0) is 20.2. The lowest BCUT2D eigenvalue weighted by Crippen LogP contribution is -2.25. The van der Waals surface area contributed by atoms with Gasteiger partial charge in [-0.1, -0.05) is 6.07 Å². The number of carbonyl (C=O) groups is 1. The van der Waals surface area contributed by atoms with E-state index in [2.05, 4.69) is 25.5 Å². The molecule has 1 aromatic carbocycles. The fourth-order valence-corrected chi connectivity index (χ4v) is 2.92. The summed E-state index contributed by atoms with van der Waals surface area (Å²) in [4.78, 5) is 19.2. The van der Waals surface area contributed by atoms with Gasteiger partial charge in [0.2, 0.25) is 0 Å².